The van der Waals surface area contributed by atoms with E-state index in [4.69, 9.17) is 0 Å². The molecule has 26 heavy (non-hydrogen) atoms. The summed E-state index contributed by atoms with van der Waals surface area (Å²) in [4.78, 5) is 3.88. The third-order valence-electron chi connectivity index (χ3n) is 4.39. The lowest BCUT2D eigenvalue weighted by molar-refractivity contribution is 0.0731. The first-order valence-electron chi connectivity index (χ1n) is 8.19. The maximum atomic E-state index is 13.6. The first-order valence-corrected chi connectivity index (χ1v) is 8.19. The third kappa shape index (κ3) is 3.97. The van der Waals surface area contributed by atoms with E-state index in [9.17, 15) is 29.2 Å². The van der Waals surface area contributed by atoms with Crippen molar-refractivity contribution in [1.29, 1.82) is 0 Å². The van der Waals surface area contributed by atoms with Crippen LogP contribution in [0, 0.1) is 11.6 Å². The third-order valence-corrected chi connectivity index (χ3v) is 4.39. The molecule has 0 amide bonds. The number of halogens is 2. The molecule has 6 nitrogen and oxygen atoms in total. The number of aromatic hydroxyl groups is 4. The van der Waals surface area contributed by atoms with Crippen LogP contribution in [-0.4, -0.2) is 50.0 Å². The van der Waals surface area contributed by atoms with Crippen molar-refractivity contribution in [3.05, 3.63) is 47.0 Å². The van der Waals surface area contributed by atoms with Crippen molar-refractivity contribution in [2.24, 2.45) is 0 Å². The molecule has 1 saturated heterocycles. The van der Waals surface area contributed by atoms with Gasteiger partial charge in [-0.2, -0.15) is 0 Å². The van der Waals surface area contributed by atoms with Gasteiger partial charge in [0.25, 0.3) is 0 Å². The summed E-state index contributed by atoms with van der Waals surface area (Å²) in [6.45, 7) is 2.30. The summed E-state index contributed by atoms with van der Waals surface area (Å²) in [6.07, 6.45) is 0.782. The fourth-order valence-electron chi connectivity index (χ4n) is 3.20. The lowest BCUT2D eigenvalue weighted by Gasteiger charge is -2.35. The Kier molecular flexibility index (Phi) is 5.15. The molecule has 0 unspecified atom stereocenters. The minimum Gasteiger partial charge on any atom is -0.508 e. The standard InChI is InChI=1S/C18H20F2N2O4/c19-15-6-13(23)4-11(17(15)25)8-21-2-1-3-22(10-21)9-12-5-14(24)7-16(20)18(12)26/h4-7,23-26H,1-3,8-10H2. The van der Waals surface area contributed by atoms with Gasteiger partial charge in [-0.1, -0.05) is 0 Å². The molecule has 0 saturated carbocycles. The summed E-state index contributed by atoms with van der Waals surface area (Å²) in [7, 11) is 0. The lowest BCUT2D eigenvalue weighted by Crippen LogP contribution is -2.43. The number of phenolic OH excluding ortho intramolecular Hbond substituents is 4. The summed E-state index contributed by atoms with van der Waals surface area (Å²) >= 11 is 0. The highest BCUT2D eigenvalue weighted by Crippen LogP contribution is 2.30. The Hall–Kier alpha value is -2.58. The fraction of sp³-hybridized carbons (Fsp3) is 0.333. The number of phenols is 4. The van der Waals surface area contributed by atoms with Crippen molar-refractivity contribution in [3.8, 4) is 23.0 Å². The SMILES string of the molecule is Oc1cc(F)c(O)c(CN2CCCN(Cc3cc(O)cc(F)c3O)C2)c1. The molecule has 2 aromatic rings. The van der Waals surface area contributed by atoms with Crippen LogP contribution in [0.4, 0.5) is 8.78 Å². The van der Waals surface area contributed by atoms with Gasteiger partial charge >= 0.3 is 0 Å². The van der Waals surface area contributed by atoms with E-state index in [2.05, 4.69) is 0 Å². The van der Waals surface area contributed by atoms with Crippen molar-refractivity contribution >= 4 is 0 Å². The molecule has 0 aliphatic carbocycles. The van der Waals surface area contributed by atoms with E-state index in [0.717, 1.165) is 18.6 Å². The van der Waals surface area contributed by atoms with E-state index in [1.165, 1.54) is 12.1 Å². The number of rotatable bonds is 4. The lowest BCUT2D eigenvalue weighted by atomic mass is 10.1. The maximum Gasteiger partial charge on any atom is 0.168 e. The number of nitrogens with zero attached hydrogens (tertiary/aromatic N) is 2. The van der Waals surface area contributed by atoms with E-state index in [1.807, 2.05) is 9.80 Å². The average Bonchev–Trinajstić information content (AvgIpc) is 2.57. The molecule has 1 aliphatic heterocycles. The predicted molar refractivity (Wildman–Crippen MR) is 89.8 cm³/mol. The molecular weight excluding hydrogens is 346 g/mol. The van der Waals surface area contributed by atoms with E-state index in [1.54, 1.807) is 0 Å². The van der Waals surface area contributed by atoms with E-state index in [-0.39, 0.29) is 35.7 Å². The highest BCUT2D eigenvalue weighted by Gasteiger charge is 2.22. The Morgan fingerprint density at radius 2 is 1.15 bits per heavy atom. The molecule has 140 valence electrons. The fourth-order valence-corrected chi connectivity index (χ4v) is 3.20. The minimum atomic E-state index is -0.881. The number of benzene rings is 2. The van der Waals surface area contributed by atoms with E-state index < -0.39 is 23.1 Å². The Bertz CT molecular complexity index is 751. The first kappa shape index (κ1) is 18.2. The molecule has 8 heteroatoms. The molecular formula is C18H20F2N2O4. The van der Waals surface area contributed by atoms with Gasteiger partial charge in [0.05, 0.1) is 6.67 Å². The highest BCUT2D eigenvalue weighted by atomic mass is 19.1. The van der Waals surface area contributed by atoms with Gasteiger partial charge in [0.2, 0.25) is 0 Å². The Labute approximate surface area is 149 Å². The van der Waals surface area contributed by atoms with Crippen LogP contribution in [0.25, 0.3) is 0 Å². The van der Waals surface area contributed by atoms with Gasteiger partial charge in [-0.05, 0) is 18.6 Å². The number of hydrogen-bond acceptors (Lipinski definition) is 6. The van der Waals surface area contributed by atoms with Gasteiger partial charge in [-0.15, -0.1) is 0 Å². The van der Waals surface area contributed by atoms with E-state index in [0.29, 0.717) is 19.8 Å². The van der Waals surface area contributed by atoms with Crippen molar-refractivity contribution in [1.82, 2.24) is 9.80 Å². The van der Waals surface area contributed by atoms with Gasteiger partial charge in [-0.3, -0.25) is 9.80 Å². The van der Waals surface area contributed by atoms with Crippen LogP contribution in [0.1, 0.15) is 17.5 Å². The second kappa shape index (κ2) is 7.35. The molecule has 0 radical (unpaired) electrons. The van der Waals surface area contributed by atoms with Crippen molar-refractivity contribution in [2.45, 2.75) is 19.5 Å². The topological polar surface area (TPSA) is 87.4 Å². The first-order chi connectivity index (χ1) is 12.3. The summed E-state index contributed by atoms with van der Waals surface area (Å²) < 4.78 is 27.1. The molecule has 0 bridgehead atoms. The van der Waals surface area contributed by atoms with Gasteiger partial charge in [0, 0.05) is 49.4 Å². The molecule has 1 aliphatic rings. The van der Waals surface area contributed by atoms with Crippen LogP contribution in [0.5, 0.6) is 23.0 Å². The predicted octanol–water partition coefficient (Wildman–Crippen LogP) is 2.45. The Morgan fingerprint density at radius 3 is 1.58 bits per heavy atom. The van der Waals surface area contributed by atoms with Crippen LogP contribution in [0.2, 0.25) is 0 Å². The Balaban J connectivity index is 1.70. The smallest absolute Gasteiger partial charge is 0.168 e. The maximum absolute atomic E-state index is 13.6. The molecule has 1 heterocycles. The number of hydrogen-bond donors (Lipinski definition) is 4. The summed E-state index contributed by atoms with van der Waals surface area (Å²) in [5, 5.41) is 38.7. The van der Waals surface area contributed by atoms with Crippen LogP contribution >= 0.6 is 0 Å². The zero-order valence-electron chi connectivity index (χ0n) is 14.0. The van der Waals surface area contributed by atoms with Crippen LogP contribution in [0.3, 0.4) is 0 Å². The normalized spacial score (nSPS) is 16.1. The van der Waals surface area contributed by atoms with Crippen LogP contribution < -0.4 is 0 Å². The molecule has 0 spiro atoms. The van der Waals surface area contributed by atoms with Gasteiger partial charge in [0.15, 0.2) is 23.1 Å². The average molecular weight is 366 g/mol. The second-order valence-electron chi connectivity index (χ2n) is 6.47. The van der Waals surface area contributed by atoms with Crippen molar-refractivity contribution in [2.75, 3.05) is 19.8 Å². The molecule has 2 aromatic carbocycles. The monoisotopic (exact) mass is 366 g/mol. The van der Waals surface area contributed by atoms with Crippen molar-refractivity contribution < 1.29 is 29.2 Å². The molecule has 0 atom stereocenters. The quantitative estimate of drug-likeness (QED) is 0.622. The van der Waals surface area contributed by atoms with Crippen molar-refractivity contribution in [3.63, 3.8) is 0 Å². The van der Waals surface area contributed by atoms with E-state index >= 15 is 0 Å². The van der Waals surface area contributed by atoms with Gasteiger partial charge in [0.1, 0.15) is 11.5 Å². The summed E-state index contributed by atoms with van der Waals surface area (Å²) in [6, 6.07) is 4.32. The summed E-state index contributed by atoms with van der Waals surface area (Å²) in [5.41, 5.74) is 0.547. The largest absolute Gasteiger partial charge is 0.508 e. The highest BCUT2D eigenvalue weighted by molar-refractivity contribution is 5.41. The van der Waals surface area contributed by atoms with Gasteiger partial charge < -0.3 is 20.4 Å². The Morgan fingerprint density at radius 1 is 0.731 bits per heavy atom. The van der Waals surface area contributed by atoms with Crippen LogP contribution in [-0.2, 0) is 13.1 Å². The molecule has 1 fully saturated rings. The minimum absolute atomic E-state index is 0.230. The molecule has 0 aromatic heterocycles. The van der Waals surface area contributed by atoms with Gasteiger partial charge in [-0.25, -0.2) is 8.78 Å². The second-order valence-corrected chi connectivity index (χ2v) is 6.47. The zero-order valence-corrected chi connectivity index (χ0v) is 14.0. The molecule has 4 N–H and O–H groups in total. The van der Waals surface area contributed by atoms with Crippen LogP contribution in [0.15, 0.2) is 24.3 Å². The zero-order chi connectivity index (χ0) is 18.8. The summed E-state index contributed by atoms with van der Waals surface area (Å²) in [5.74, 6) is -3.27. The molecule has 3 rings (SSSR count).